The second-order valence-electron chi connectivity index (χ2n) is 8.27. The van der Waals surface area contributed by atoms with E-state index in [0.717, 1.165) is 17.4 Å². The molecular weight excluding hydrogens is 312 g/mol. The maximum absolute atomic E-state index is 13.0. The van der Waals surface area contributed by atoms with E-state index in [4.69, 9.17) is 0 Å². The predicted octanol–water partition coefficient (Wildman–Crippen LogP) is 2.90. The van der Waals surface area contributed by atoms with Crippen molar-refractivity contribution in [3.8, 4) is 0 Å². The van der Waals surface area contributed by atoms with Crippen molar-refractivity contribution in [1.82, 2.24) is 10.2 Å². The van der Waals surface area contributed by atoms with Crippen LogP contribution in [0.15, 0.2) is 24.3 Å². The molecule has 2 saturated carbocycles. The van der Waals surface area contributed by atoms with Crippen LogP contribution >= 0.6 is 0 Å². The Balaban J connectivity index is 1.47. The molecule has 4 nitrogen and oxygen atoms in total. The lowest BCUT2D eigenvalue weighted by Crippen LogP contribution is -2.54. The molecule has 5 atom stereocenters. The van der Waals surface area contributed by atoms with Gasteiger partial charge in [-0.05, 0) is 55.1 Å². The van der Waals surface area contributed by atoms with Gasteiger partial charge in [-0.3, -0.25) is 9.59 Å². The Kier molecular flexibility index (Phi) is 4.30. The summed E-state index contributed by atoms with van der Waals surface area (Å²) in [5, 5.41) is 3.26. The Labute approximate surface area is 150 Å². The first kappa shape index (κ1) is 16.6. The van der Waals surface area contributed by atoms with Crippen LogP contribution in [0.5, 0.6) is 0 Å². The van der Waals surface area contributed by atoms with Gasteiger partial charge in [-0.15, -0.1) is 0 Å². The summed E-state index contributed by atoms with van der Waals surface area (Å²) in [4.78, 5) is 26.8. The molecule has 2 fully saturated rings. The van der Waals surface area contributed by atoms with E-state index < -0.39 is 0 Å². The zero-order valence-corrected chi connectivity index (χ0v) is 15.2. The average molecular weight is 340 g/mol. The van der Waals surface area contributed by atoms with Crippen molar-refractivity contribution in [2.24, 2.45) is 17.8 Å². The number of rotatable bonds is 3. The molecule has 1 heterocycles. The van der Waals surface area contributed by atoms with Crippen molar-refractivity contribution in [1.29, 1.82) is 0 Å². The van der Waals surface area contributed by atoms with Gasteiger partial charge in [-0.25, -0.2) is 0 Å². The Morgan fingerprint density at radius 2 is 1.92 bits per heavy atom. The first-order valence-corrected chi connectivity index (χ1v) is 9.67. The minimum absolute atomic E-state index is 0.0139. The van der Waals surface area contributed by atoms with Gasteiger partial charge in [-0.2, -0.15) is 0 Å². The van der Waals surface area contributed by atoms with Crippen molar-refractivity contribution < 1.29 is 9.59 Å². The molecule has 0 aromatic heterocycles. The average Bonchev–Trinajstić information content (AvgIpc) is 3.23. The van der Waals surface area contributed by atoms with Gasteiger partial charge in [0.2, 0.25) is 11.8 Å². The largest absolute Gasteiger partial charge is 0.352 e. The molecule has 2 bridgehead atoms. The summed E-state index contributed by atoms with van der Waals surface area (Å²) >= 11 is 0. The fourth-order valence-corrected chi connectivity index (χ4v) is 5.42. The second-order valence-corrected chi connectivity index (χ2v) is 8.27. The lowest BCUT2D eigenvalue weighted by molar-refractivity contribution is -0.140. The van der Waals surface area contributed by atoms with E-state index >= 15 is 0 Å². The molecule has 134 valence electrons. The summed E-state index contributed by atoms with van der Waals surface area (Å²) in [6.07, 6.45) is 5.92. The molecule has 0 spiro atoms. The summed E-state index contributed by atoms with van der Waals surface area (Å²) in [6, 6.07) is 7.95. The van der Waals surface area contributed by atoms with E-state index in [-0.39, 0.29) is 23.9 Å². The molecule has 0 unspecified atom stereocenters. The number of carbonyl (C=O) groups is 2. The second kappa shape index (κ2) is 6.47. The monoisotopic (exact) mass is 340 g/mol. The highest BCUT2D eigenvalue weighted by Gasteiger charge is 2.43. The molecule has 1 aromatic carbocycles. The van der Waals surface area contributed by atoms with Gasteiger partial charge in [0.15, 0.2) is 0 Å². The topological polar surface area (TPSA) is 49.4 Å². The fraction of sp³-hybridized carbons (Fsp3) is 0.619. The van der Waals surface area contributed by atoms with Gasteiger partial charge in [0.25, 0.3) is 0 Å². The Morgan fingerprint density at radius 3 is 2.56 bits per heavy atom. The highest BCUT2D eigenvalue weighted by molar-refractivity contribution is 5.88. The highest BCUT2D eigenvalue weighted by atomic mass is 16.2. The maximum Gasteiger partial charge on any atom is 0.243 e. The van der Waals surface area contributed by atoms with Crippen LogP contribution < -0.4 is 5.32 Å². The SMILES string of the molecule is CC(=O)N1Cc2ccccc2C[C@@H]1C(=O)N[C@@H](C)[C@@H]1C[C@H]2CC[C@H]1C2. The van der Waals surface area contributed by atoms with Gasteiger partial charge in [0.05, 0.1) is 0 Å². The molecular formula is C21H28N2O2. The number of nitrogens with zero attached hydrogens (tertiary/aromatic N) is 1. The van der Waals surface area contributed by atoms with Crippen LogP contribution in [0.3, 0.4) is 0 Å². The van der Waals surface area contributed by atoms with Crippen molar-refractivity contribution >= 4 is 11.8 Å². The van der Waals surface area contributed by atoms with E-state index in [1.54, 1.807) is 11.8 Å². The smallest absolute Gasteiger partial charge is 0.243 e. The number of benzene rings is 1. The van der Waals surface area contributed by atoms with Crippen molar-refractivity contribution in [2.75, 3.05) is 0 Å². The molecule has 0 radical (unpaired) electrons. The standard InChI is InChI=1S/C21H28N2O2/c1-13(19-10-15-7-8-17(19)9-15)22-21(25)20-11-16-5-3-4-6-18(16)12-23(20)14(2)24/h3-6,13,15,17,19-20H,7-12H2,1-2H3,(H,22,25)/t13-,15-,17-,19-,20+/m0/s1. The van der Waals surface area contributed by atoms with Crippen LogP contribution in [0.1, 0.15) is 50.7 Å². The highest BCUT2D eigenvalue weighted by Crippen LogP contribution is 2.49. The van der Waals surface area contributed by atoms with Crippen molar-refractivity contribution in [3.05, 3.63) is 35.4 Å². The van der Waals surface area contributed by atoms with Crippen molar-refractivity contribution in [2.45, 2.75) is 64.6 Å². The Hall–Kier alpha value is -1.84. The van der Waals surface area contributed by atoms with Crippen LogP contribution in [0.4, 0.5) is 0 Å². The number of hydrogen-bond acceptors (Lipinski definition) is 2. The molecule has 25 heavy (non-hydrogen) atoms. The van der Waals surface area contributed by atoms with Gasteiger partial charge < -0.3 is 10.2 Å². The summed E-state index contributed by atoms with van der Waals surface area (Å²) in [6.45, 7) is 4.25. The minimum Gasteiger partial charge on any atom is -0.352 e. The third-order valence-corrected chi connectivity index (χ3v) is 6.76. The van der Waals surface area contributed by atoms with Gasteiger partial charge >= 0.3 is 0 Å². The van der Waals surface area contributed by atoms with E-state index in [2.05, 4.69) is 24.4 Å². The quantitative estimate of drug-likeness (QED) is 0.920. The molecule has 1 aliphatic heterocycles. The van der Waals surface area contributed by atoms with Crippen LogP contribution in [-0.2, 0) is 22.6 Å². The molecule has 1 aromatic rings. The van der Waals surface area contributed by atoms with Gasteiger partial charge in [0.1, 0.15) is 6.04 Å². The summed E-state index contributed by atoms with van der Waals surface area (Å²) < 4.78 is 0. The van der Waals surface area contributed by atoms with E-state index in [1.807, 2.05) is 12.1 Å². The lowest BCUT2D eigenvalue weighted by atomic mass is 9.83. The summed E-state index contributed by atoms with van der Waals surface area (Å²) in [5.74, 6) is 2.27. The normalized spacial score (nSPS) is 31.5. The third-order valence-electron chi connectivity index (χ3n) is 6.76. The summed E-state index contributed by atoms with van der Waals surface area (Å²) in [7, 11) is 0. The minimum atomic E-state index is -0.381. The zero-order valence-electron chi connectivity index (χ0n) is 15.2. The van der Waals surface area contributed by atoms with Crippen LogP contribution in [0.2, 0.25) is 0 Å². The number of hydrogen-bond donors (Lipinski definition) is 1. The molecule has 2 aliphatic carbocycles. The van der Waals surface area contributed by atoms with Crippen LogP contribution in [-0.4, -0.2) is 28.8 Å². The number of nitrogens with one attached hydrogen (secondary N) is 1. The Morgan fingerprint density at radius 1 is 1.16 bits per heavy atom. The maximum atomic E-state index is 13.0. The third kappa shape index (κ3) is 3.07. The van der Waals surface area contributed by atoms with E-state index in [1.165, 1.54) is 31.2 Å². The van der Waals surface area contributed by atoms with Gasteiger partial charge in [0, 0.05) is 25.9 Å². The summed E-state index contributed by atoms with van der Waals surface area (Å²) in [5.41, 5.74) is 2.34. The predicted molar refractivity (Wildman–Crippen MR) is 96.7 cm³/mol. The van der Waals surface area contributed by atoms with Crippen molar-refractivity contribution in [3.63, 3.8) is 0 Å². The van der Waals surface area contributed by atoms with Gasteiger partial charge in [-0.1, -0.05) is 30.7 Å². The first-order chi connectivity index (χ1) is 12.0. The molecule has 1 N–H and O–H groups in total. The number of carbonyl (C=O) groups excluding carboxylic acids is 2. The molecule has 4 heteroatoms. The zero-order chi connectivity index (χ0) is 17.6. The number of amides is 2. The van der Waals surface area contributed by atoms with E-state index in [9.17, 15) is 9.59 Å². The van der Waals surface area contributed by atoms with Crippen LogP contribution in [0, 0.1) is 17.8 Å². The molecule has 0 saturated heterocycles. The number of fused-ring (bicyclic) bond motifs is 3. The first-order valence-electron chi connectivity index (χ1n) is 9.67. The molecule has 4 rings (SSSR count). The molecule has 3 aliphatic rings. The van der Waals surface area contributed by atoms with E-state index in [0.29, 0.717) is 18.9 Å². The Bertz CT molecular complexity index is 686. The van der Waals surface area contributed by atoms with Crippen LogP contribution in [0.25, 0.3) is 0 Å². The fourth-order valence-electron chi connectivity index (χ4n) is 5.42. The lowest BCUT2D eigenvalue weighted by Gasteiger charge is -2.37. The molecule has 2 amide bonds.